The SMILES string of the molecule is CS(=O)(=O)N1CCC(CNC(=O)Cc2ccc(-c3ccccc3)cc2)CC1. The number of carbonyl (C=O) groups excluding carboxylic acids is 1. The summed E-state index contributed by atoms with van der Waals surface area (Å²) in [5.74, 6) is 0.348. The highest BCUT2D eigenvalue weighted by Crippen LogP contribution is 2.20. The molecule has 1 amide bonds. The minimum Gasteiger partial charge on any atom is -0.356 e. The predicted octanol–water partition coefficient (Wildman–Crippen LogP) is 2.68. The third-order valence-corrected chi connectivity index (χ3v) is 6.36. The van der Waals surface area contributed by atoms with E-state index < -0.39 is 10.0 Å². The van der Waals surface area contributed by atoms with Crippen LogP contribution in [0.4, 0.5) is 0 Å². The Morgan fingerprint density at radius 3 is 2.19 bits per heavy atom. The molecule has 0 spiro atoms. The van der Waals surface area contributed by atoms with Crippen molar-refractivity contribution in [3.05, 3.63) is 60.2 Å². The predicted molar refractivity (Wildman–Crippen MR) is 108 cm³/mol. The van der Waals surface area contributed by atoms with Crippen molar-refractivity contribution in [3.8, 4) is 11.1 Å². The number of sulfonamides is 1. The lowest BCUT2D eigenvalue weighted by Gasteiger charge is -2.30. The zero-order valence-corrected chi connectivity index (χ0v) is 16.4. The first-order valence-corrected chi connectivity index (χ1v) is 11.1. The number of rotatable bonds is 6. The maximum Gasteiger partial charge on any atom is 0.224 e. The molecule has 0 bridgehead atoms. The Morgan fingerprint density at radius 2 is 1.59 bits per heavy atom. The fourth-order valence-corrected chi connectivity index (χ4v) is 4.27. The largest absolute Gasteiger partial charge is 0.356 e. The molecule has 0 aliphatic carbocycles. The Balaban J connectivity index is 1.45. The molecule has 1 aliphatic heterocycles. The lowest BCUT2D eigenvalue weighted by atomic mass is 9.98. The Bertz CT molecular complexity index is 856. The molecule has 27 heavy (non-hydrogen) atoms. The molecule has 1 N–H and O–H groups in total. The van der Waals surface area contributed by atoms with Gasteiger partial charge in [-0.2, -0.15) is 0 Å². The van der Waals surface area contributed by atoms with E-state index in [1.165, 1.54) is 10.6 Å². The summed E-state index contributed by atoms with van der Waals surface area (Å²) in [6.07, 6.45) is 3.19. The first-order chi connectivity index (χ1) is 12.9. The van der Waals surface area contributed by atoms with Gasteiger partial charge in [0.15, 0.2) is 0 Å². The van der Waals surface area contributed by atoms with Gasteiger partial charge in [-0.25, -0.2) is 12.7 Å². The second-order valence-corrected chi connectivity index (χ2v) is 9.13. The Morgan fingerprint density at radius 1 is 1.00 bits per heavy atom. The second kappa shape index (κ2) is 8.67. The molecule has 2 aromatic rings. The van der Waals surface area contributed by atoms with Crippen LogP contribution in [0.15, 0.2) is 54.6 Å². The number of hydrogen-bond donors (Lipinski definition) is 1. The normalized spacial score (nSPS) is 16.2. The van der Waals surface area contributed by atoms with Crippen LogP contribution < -0.4 is 5.32 Å². The van der Waals surface area contributed by atoms with Crippen LogP contribution in [0.2, 0.25) is 0 Å². The topological polar surface area (TPSA) is 66.5 Å². The number of nitrogens with zero attached hydrogens (tertiary/aromatic N) is 1. The van der Waals surface area contributed by atoms with Gasteiger partial charge in [-0.1, -0.05) is 54.6 Å². The summed E-state index contributed by atoms with van der Waals surface area (Å²) in [5.41, 5.74) is 3.28. The molecule has 0 aromatic heterocycles. The highest BCUT2D eigenvalue weighted by atomic mass is 32.2. The fourth-order valence-electron chi connectivity index (χ4n) is 3.40. The number of nitrogens with one attached hydrogen (secondary N) is 1. The van der Waals surface area contributed by atoms with Crippen LogP contribution in [0.1, 0.15) is 18.4 Å². The summed E-state index contributed by atoms with van der Waals surface area (Å²) in [6, 6.07) is 18.2. The lowest BCUT2D eigenvalue weighted by Crippen LogP contribution is -2.41. The number of amides is 1. The second-order valence-electron chi connectivity index (χ2n) is 7.15. The standard InChI is InChI=1S/C21H26N2O3S/c1-27(25,26)23-13-11-18(12-14-23)16-22-21(24)15-17-7-9-20(10-8-17)19-5-3-2-4-6-19/h2-10,18H,11-16H2,1H3,(H,22,24). The van der Waals surface area contributed by atoms with E-state index in [0.717, 1.165) is 29.5 Å². The van der Waals surface area contributed by atoms with Crippen LogP contribution in [-0.2, 0) is 21.2 Å². The number of piperidine rings is 1. The lowest BCUT2D eigenvalue weighted by molar-refractivity contribution is -0.120. The van der Waals surface area contributed by atoms with Gasteiger partial charge >= 0.3 is 0 Å². The first kappa shape index (κ1) is 19.6. The highest BCUT2D eigenvalue weighted by molar-refractivity contribution is 7.88. The van der Waals surface area contributed by atoms with Gasteiger partial charge in [0.2, 0.25) is 15.9 Å². The quantitative estimate of drug-likeness (QED) is 0.830. The average molecular weight is 387 g/mol. The van der Waals surface area contributed by atoms with Gasteiger partial charge in [-0.3, -0.25) is 4.79 Å². The van der Waals surface area contributed by atoms with E-state index in [0.29, 0.717) is 32.0 Å². The minimum atomic E-state index is -3.10. The van der Waals surface area contributed by atoms with Crippen LogP contribution in [-0.4, -0.2) is 44.5 Å². The average Bonchev–Trinajstić information content (AvgIpc) is 2.67. The minimum absolute atomic E-state index is 0.00741. The third kappa shape index (κ3) is 5.65. The maximum absolute atomic E-state index is 12.2. The molecule has 0 saturated carbocycles. The van der Waals surface area contributed by atoms with E-state index in [1.807, 2.05) is 42.5 Å². The van der Waals surface area contributed by atoms with Crippen LogP contribution >= 0.6 is 0 Å². The van der Waals surface area contributed by atoms with Crippen molar-refractivity contribution in [2.75, 3.05) is 25.9 Å². The van der Waals surface area contributed by atoms with Crippen LogP contribution in [0.3, 0.4) is 0 Å². The maximum atomic E-state index is 12.2. The molecule has 5 nitrogen and oxygen atoms in total. The van der Waals surface area contributed by atoms with Crippen molar-refractivity contribution in [3.63, 3.8) is 0 Å². The first-order valence-electron chi connectivity index (χ1n) is 9.28. The van der Waals surface area contributed by atoms with Crippen LogP contribution in [0.25, 0.3) is 11.1 Å². The van der Waals surface area contributed by atoms with Gasteiger partial charge in [0.1, 0.15) is 0 Å². The van der Waals surface area contributed by atoms with E-state index in [1.54, 1.807) is 0 Å². The Hall–Kier alpha value is -2.18. The smallest absolute Gasteiger partial charge is 0.224 e. The molecule has 1 fully saturated rings. The van der Waals surface area contributed by atoms with E-state index >= 15 is 0 Å². The number of benzene rings is 2. The zero-order valence-electron chi connectivity index (χ0n) is 15.6. The van der Waals surface area contributed by atoms with Crippen LogP contribution in [0.5, 0.6) is 0 Å². The molecule has 0 unspecified atom stereocenters. The van der Waals surface area contributed by atoms with E-state index in [-0.39, 0.29) is 5.91 Å². The summed E-state index contributed by atoms with van der Waals surface area (Å²) in [7, 11) is -3.10. The molecule has 1 saturated heterocycles. The van der Waals surface area contributed by atoms with Crippen molar-refractivity contribution in [1.29, 1.82) is 0 Å². The van der Waals surface area contributed by atoms with Crippen molar-refractivity contribution >= 4 is 15.9 Å². The number of carbonyl (C=O) groups is 1. The van der Waals surface area contributed by atoms with E-state index in [4.69, 9.17) is 0 Å². The number of hydrogen-bond acceptors (Lipinski definition) is 3. The van der Waals surface area contributed by atoms with Gasteiger partial charge < -0.3 is 5.32 Å². The fraction of sp³-hybridized carbons (Fsp3) is 0.381. The van der Waals surface area contributed by atoms with Gasteiger partial charge in [-0.05, 0) is 35.4 Å². The molecule has 144 valence electrons. The molecule has 1 heterocycles. The molecular formula is C21H26N2O3S. The van der Waals surface area contributed by atoms with Crippen molar-refractivity contribution in [2.24, 2.45) is 5.92 Å². The van der Waals surface area contributed by atoms with Gasteiger partial charge in [-0.15, -0.1) is 0 Å². The van der Waals surface area contributed by atoms with Crippen molar-refractivity contribution < 1.29 is 13.2 Å². The summed E-state index contributed by atoms with van der Waals surface area (Å²) in [5, 5.41) is 2.99. The Kier molecular flexibility index (Phi) is 6.29. The van der Waals surface area contributed by atoms with Crippen LogP contribution in [0, 0.1) is 5.92 Å². The van der Waals surface area contributed by atoms with Crippen molar-refractivity contribution in [2.45, 2.75) is 19.3 Å². The van der Waals surface area contributed by atoms with Crippen molar-refractivity contribution in [1.82, 2.24) is 9.62 Å². The molecule has 6 heteroatoms. The van der Waals surface area contributed by atoms with Gasteiger partial charge in [0, 0.05) is 19.6 Å². The monoisotopic (exact) mass is 386 g/mol. The van der Waals surface area contributed by atoms with Gasteiger partial charge in [0.25, 0.3) is 0 Å². The molecule has 3 rings (SSSR count). The van der Waals surface area contributed by atoms with E-state index in [9.17, 15) is 13.2 Å². The van der Waals surface area contributed by atoms with E-state index in [2.05, 4.69) is 17.4 Å². The Labute approximate surface area is 161 Å². The third-order valence-electron chi connectivity index (χ3n) is 5.06. The summed E-state index contributed by atoms with van der Waals surface area (Å²) in [6.45, 7) is 1.69. The molecular weight excluding hydrogens is 360 g/mol. The zero-order chi connectivity index (χ0) is 19.3. The summed E-state index contributed by atoms with van der Waals surface area (Å²) < 4.78 is 24.6. The molecule has 0 radical (unpaired) electrons. The highest BCUT2D eigenvalue weighted by Gasteiger charge is 2.24. The summed E-state index contributed by atoms with van der Waals surface area (Å²) >= 11 is 0. The molecule has 0 atom stereocenters. The molecule has 2 aromatic carbocycles. The summed E-state index contributed by atoms with van der Waals surface area (Å²) in [4.78, 5) is 12.2. The molecule has 1 aliphatic rings. The van der Waals surface area contributed by atoms with Gasteiger partial charge in [0.05, 0.1) is 12.7 Å².